The first-order valence-electron chi connectivity index (χ1n) is 7.43. The summed E-state index contributed by atoms with van der Waals surface area (Å²) in [6.07, 6.45) is 2.67. The summed E-state index contributed by atoms with van der Waals surface area (Å²) < 4.78 is 0. The number of rotatable bonds is 5. The molecule has 1 fully saturated rings. The number of carbonyl (C=O) groups excluding carboxylic acids is 2. The molecule has 0 radical (unpaired) electrons. The van der Waals surface area contributed by atoms with Gasteiger partial charge in [0.25, 0.3) is 0 Å². The molecule has 0 aliphatic carbocycles. The molecule has 1 heterocycles. The highest BCUT2D eigenvalue weighted by Gasteiger charge is 2.21. The number of piperidine rings is 1. The van der Waals surface area contributed by atoms with E-state index in [1.807, 2.05) is 4.90 Å². The molecular formula is C15H28N2O2. The quantitative estimate of drug-likeness (QED) is 0.766. The van der Waals surface area contributed by atoms with Crippen molar-refractivity contribution in [3.05, 3.63) is 0 Å². The summed E-state index contributed by atoms with van der Waals surface area (Å²) in [5, 5.41) is 0. The van der Waals surface area contributed by atoms with Gasteiger partial charge in [0, 0.05) is 39.5 Å². The summed E-state index contributed by atoms with van der Waals surface area (Å²) in [7, 11) is 0. The van der Waals surface area contributed by atoms with Gasteiger partial charge in [0.15, 0.2) is 0 Å². The van der Waals surface area contributed by atoms with Gasteiger partial charge >= 0.3 is 0 Å². The van der Waals surface area contributed by atoms with Gasteiger partial charge in [0.1, 0.15) is 0 Å². The third-order valence-electron chi connectivity index (χ3n) is 3.76. The lowest BCUT2D eigenvalue weighted by atomic mass is 9.99. The van der Waals surface area contributed by atoms with Crippen LogP contribution in [0.25, 0.3) is 0 Å². The second-order valence-electron chi connectivity index (χ2n) is 6.17. The van der Waals surface area contributed by atoms with Crippen LogP contribution in [0.5, 0.6) is 0 Å². The van der Waals surface area contributed by atoms with Gasteiger partial charge in [-0.3, -0.25) is 9.59 Å². The van der Waals surface area contributed by atoms with E-state index < -0.39 is 0 Å². The van der Waals surface area contributed by atoms with Gasteiger partial charge < -0.3 is 9.80 Å². The van der Waals surface area contributed by atoms with E-state index in [1.165, 1.54) is 0 Å². The van der Waals surface area contributed by atoms with Crippen molar-refractivity contribution in [1.29, 1.82) is 0 Å². The van der Waals surface area contributed by atoms with Crippen molar-refractivity contribution in [3.8, 4) is 0 Å². The van der Waals surface area contributed by atoms with Crippen LogP contribution in [0.1, 0.15) is 47.0 Å². The van der Waals surface area contributed by atoms with Crippen molar-refractivity contribution < 1.29 is 9.59 Å². The van der Waals surface area contributed by atoms with E-state index >= 15 is 0 Å². The molecule has 0 atom stereocenters. The molecule has 2 amide bonds. The Kier molecular flexibility index (Phi) is 6.32. The predicted octanol–water partition coefficient (Wildman–Crippen LogP) is 2.14. The maximum absolute atomic E-state index is 12.1. The van der Waals surface area contributed by atoms with Crippen LogP contribution in [0.4, 0.5) is 0 Å². The zero-order valence-corrected chi connectivity index (χ0v) is 12.8. The molecule has 4 heteroatoms. The Morgan fingerprint density at radius 2 is 1.84 bits per heavy atom. The maximum Gasteiger partial charge on any atom is 0.224 e. The zero-order chi connectivity index (χ0) is 14.4. The van der Waals surface area contributed by atoms with Crippen LogP contribution in [0.2, 0.25) is 0 Å². The minimum absolute atomic E-state index is 0.0637. The minimum Gasteiger partial charge on any atom is -0.343 e. The molecule has 110 valence electrons. The van der Waals surface area contributed by atoms with Crippen molar-refractivity contribution >= 4 is 11.8 Å². The van der Waals surface area contributed by atoms with Gasteiger partial charge in [-0.1, -0.05) is 20.8 Å². The maximum atomic E-state index is 12.1. The third kappa shape index (κ3) is 5.62. The lowest BCUT2D eigenvalue weighted by molar-refractivity contribution is -0.134. The van der Waals surface area contributed by atoms with E-state index in [-0.39, 0.29) is 11.8 Å². The summed E-state index contributed by atoms with van der Waals surface area (Å²) in [6, 6.07) is 0. The van der Waals surface area contributed by atoms with Gasteiger partial charge in [-0.15, -0.1) is 0 Å². The standard InChI is InChI=1S/C15H28N2O2/c1-12(2)11-17(14(4)18)10-7-15(19)16-8-5-13(3)6-9-16/h12-13H,5-11H2,1-4H3. The van der Waals surface area contributed by atoms with Crippen molar-refractivity contribution in [2.45, 2.75) is 47.0 Å². The fourth-order valence-corrected chi connectivity index (χ4v) is 2.46. The largest absolute Gasteiger partial charge is 0.343 e. The Labute approximate surface area is 117 Å². The number of hydrogen-bond acceptors (Lipinski definition) is 2. The van der Waals surface area contributed by atoms with E-state index in [0.717, 1.165) is 38.4 Å². The molecule has 0 N–H and O–H groups in total. The van der Waals surface area contributed by atoms with Crippen molar-refractivity contribution in [1.82, 2.24) is 9.80 Å². The highest BCUT2D eigenvalue weighted by molar-refractivity contribution is 5.78. The number of likely N-dealkylation sites (tertiary alicyclic amines) is 1. The topological polar surface area (TPSA) is 40.6 Å². The number of hydrogen-bond donors (Lipinski definition) is 0. The average molecular weight is 268 g/mol. The van der Waals surface area contributed by atoms with Crippen LogP contribution in [0.15, 0.2) is 0 Å². The minimum atomic E-state index is 0.0637. The molecule has 0 bridgehead atoms. The Morgan fingerprint density at radius 3 is 2.32 bits per heavy atom. The molecule has 0 spiro atoms. The van der Waals surface area contributed by atoms with Crippen LogP contribution in [0.3, 0.4) is 0 Å². The van der Waals surface area contributed by atoms with E-state index in [4.69, 9.17) is 0 Å². The molecule has 19 heavy (non-hydrogen) atoms. The molecule has 0 saturated carbocycles. The second-order valence-corrected chi connectivity index (χ2v) is 6.17. The van der Waals surface area contributed by atoms with Crippen molar-refractivity contribution in [2.75, 3.05) is 26.2 Å². The van der Waals surface area contributed by atoms with Crippen molar-refractivity contribution in [3.63, 3.8) is 0 Å². The smallest absolute Gasteiger partial charge is 0.224 e. The Balaban J connectivity index is 2.37. The summed E-state index contributed by atoms with van der Waals surface area (Å²) >= 11 is 0. The highest BCUT2D eigenvalue weighted by atomic mass is 16.2. The summed E-state index contributed by atoms with van der Waals surface area (Å²) in [5.41, 5.74) is 0. The Morgan fingerprint density at radius 1 is 1.26 bits per heavy atom. The van der Waals surface area contributed by atoms with Crippen LogP contribution >= 0.6 is 0 Å². The molecule has 0 aromatic rings. The van der Waals surface area contributed by atoms with Gasteiger partial charge in [-0.25, -0.2) is 0 Å². The van der Waals surface area contributed by atoms with Gasteiger partial charge in [0.2, 0.25) is 11.8 Å². The monoisotopic (exact) mass is 268 g/mol. The first-order chi connectivity index (χ1) is 8.90. The first-order valence-corrected chi connectivity index (χ1v) is 7.43. The average Bonchev–Trinajstić information content (AvgIpc) is 2.34. The molecule has 1 rings (SSSR count). The highest BCUT2D eigenvalue weighted by Crippen LogP contribution is 2.16. The molecule has 1 saturated heterocycles. The van der Waals surface area contributed by atoms with Crippen LogP contribution in [0, 0.1) is 11.8 Å². The third-order valence-corrected chi connectivity index (χ3v) is 3.76. The molecule has 0 unspecified atom stereocenters. The van der Waals surface area contributed by atoms with E-state index in [2.05, 4.69) is 20.8 Å². The second kappa shape index (κ2) is 7.51. The fraction of sp³-hybridized carbons (Fsp3) is 0.867. The first kappa shape index (κ1) is 16.0. The van der Waals surface area contributed by atoms with Crippen molar-refractivity contribution in [2.24, 2.45) is 11.8 Å². The number of amides is 2. The van der Waals surface area contributed by atoms with Crippen LogP contribution in [-0.2, 0) is 9.59 Å². The Hall–Kier alpha value is -1.06. The molecule has 0 aromatic carbocycles. The Bertz CT molecular complexity index is 307. The number of nitrogens with zero attached hydrogens (tertiary/aromatic N) is 2. The van der Waals surface area contributed by atoms with Gasteiger partial charge in [-0.05, 0) is 24.7 Å². The van der Waals surface area contributed by atoms with Crippen LogP contribution in [-0.4, -0.2) is 47.8 Å². The molecule has 4 nitrogen and oxygen atoms in total. The lowest BCUT2D eigenvalue weighted by Gasteiger charge is -2.31. The van der Waals surface area contributed by atoms with E-state index in [0.29, 0.717) is 18.9 Å². The van der Waals surface area contributed by atoms with Crippen LogP contribution < -0.4 is 0 Å². The number of carbonyl (C=O) groups is 2. The SMILES string of the molecule is CC(=O)N(CCC(=O)N1CCC(C)CC1)CC(C)C. The lowest BCUT2D eigenvalue weighted by Crippen LogP contribution is -2.41. The molecule has 1 aliphatic heterocycles. The molecule has 1 aliphatic rings. The normalized spacial score (nSPS) is 16.8. The zero-order valence-electron chi connectivity index (χ0n) is 12.8. The van der Waals surface area contributed by atoms with Gasteiger partial charge in [0.05, 0.1) is 0 Å². The van der Waals surface area contributed by atoms with Gasteiger partial charge in [-0.2, -0.15) is 0 Å². The molecule has 0 aromatic heterocycles. The fourth-order valence-electron chi connectivity index (χ4n) is 2.46. The summed E-state index contributed by atoms with van der Waals surface area (Å²) in [5.74, 6) is 1.43. The molecular weight excluding hydrogens is 240 g/mol. The summed E-state index contributed by atoms with van der Waals surface area (Å²) in [6.45, 7) is 11.0. The van der Waals surface area contributed by atoms with E-state index in [1.54, 1.807) is 11.8 Å². The summed E-state index contributed by atoms with van der Waals surface area (Å²) in [4.78, 5) is 27.4. The predicted molar refractivity (Wildman–Crippen MR) is 76.7 cm³/mol. The van der Waals surface area contributed by atoms with E-state index in [9.17, 15) is 9.59 Å².